The van der Waals surface area contributed by atoms with Crippen LogP contribution in [-0.4, -0.2) is 59.7 Å². The number of rotatable bonds is 8. The van der Waals surface area contributed by atoms with E-state index in [-0.39, 0.29) is 11.9 Å². The van der Waals surface area contributed by atoms with Crippen LogP contribution < -0.4 is 15.4 Å². The summed E-state index contributed by atoms with van der Waals surface area (Å²) in [5.41, 5.74) is 5.11. The van der Waals surface area contributed by atoms with Gasteiger partial charge in [0, 0.05) is 42.5 Å². The number of hydrogen-bond donors (Lipinski definition) is 3. The van der Waals surface area contributed by atoms with Crippen molar-refractivity contribution in [3.05, 3.63) is 65.6 Å². The average Bonchev–Trinajstić information content (AvgIpc) is 2.89. The number of pyridine rings is 2. The first kappa shape index (κ1) is 25.3. The number of anilines is 1. The van der Waals surface area contributed by atoms with E-state index in [2.05, 4.69) is 39.5 Å². The highest BCUT2D eigenvalue weighted by Gasteiger charge is 2.20. The monoisotopic (exact) mass is 486 g/mol. The lowest BCUT2D eigenvalue weighted by Gasteiger charge is -2.29. The maximum absolute atomic E-state index is 13.0. The molecule has 4 rings (SSSR count). The molecule has 0 atom stereocenters. The predicted molar refractivity (Wildman–Crippen MR) is 143 cm³/mol. The van der Waals surface area contributed by atoms with Gasteiger partial charge in [-0.25, -0.2) is 4.98 Å². The fraction of sp³-hybridized carbons (Fsp3) is 0.357. The van der Waals surface area contributed by atoms with Gasteiger partial charge in [0.2, 0.25) is 0 Å². The number of nitrogens with zero attached hydrogens (tertiary/aromatic N) is 3. The van der Waals surface area contributed by atoms with Crippen LogP contribution in [0.15, 0.2) is 48.8 Å². The second-order valence-electron chi connectivity index (χ2n) is 9.20. The Morgan fingerprint density at radius 2 is 1.92 bits per heavy atom. The van der Waals surface area contributed by atoms with Crippen LogP contribution in [0, 0.1) is 5.41 Å². The van der Waals surface area contributed by atoms with Crippen LogP contribution >= 0.6 is 0 Å². The highest BCUT2D eigenvalue weighted by atomic mass is 16.5. The molecule has 0 aliphatic carbocycles. The third-order valence-electron chi connectivity index (χ3n) is 6.53. The van der Waals surface area contributed by atoms with E-state index in [4.69, 9.17) is 10.1 Å². The average molecular weight is 487 g/mol. The fourth-order valence-corrected chi connectivity index (χ4v) is 4.44. The largest absolute Gasteiger partial charge is 0.456 e. The molecule has 0 saturated carbocycles. The number of likely N-dealkylation sites (tertiary alicyclic amines) is 1. The van der Waals surface area contributed by atoms with Gasteiger partial charge < -0.3 is 25.7 Å². The van der Waals surface area contributed by atoms with Crippen LogP contribution in [0.1, 0.15) is 48.3 Å². The number of carbonyl (C=O) groups is 1. The Hall–Kier alpha value is -3.78. The second kappa shape index (κ2) is 11.3. The summed E-state index contributed by atoms with van der Waals surface area (Å²) in [6.07, 6.45) is 6.03. The summed E-state index contributed by atoms with van der Waals surface area (Å²) in [5, 5.41) is 14.1. The molecule has 8 heteroatoms. The normalized spacial score (nSPS) is 14.3. The molecule has 2 aromatic heterocycles. The quantitative estimate of drug-likeness (QED) is 0.397. The molecule has 3 heterocycles. The van der Waals surface area contributed by atoms with Crippen LogP contribution in [0.3, 0.4) is 0 Å². The van der Waals surface area contributed by atoms with Crippen molar-refractivity contribution >= 4 is 17.3 Å². The molecule has 1 aliphatic heterocycles. The zero-order chi connectivity index (χ0) is 25.7. The van der Waals surface area contributed by atoms with E-state index < -0.39 is 0 Å². The van der Waals surface area contributed by atoms with Crippen molar-refractivity contribution in [1.29, 1.82) is 5.41 Å². The van der Waals surface area contributed by atoms with Gasteiger partial charge >= 0.3 is 0 Å². The summed E-state index contributed by atoms with van der Waals surface area (Å²) < 4.78 is 6.05. The van der Waals surface area contributed by atoms with E-state index in [1.165, 1.54) is 0 Å². The highest BCUT2D eigenvalue weighted by molar-refractivity contribution is 5.99. The minimum absolute atomic E-state index is 0.00515. The van der Waals surface area contributed by atoms with E-state index >= 15 is 0 Å². The minimum Gasteiger partial charge on any atom is -0.456 e. The van der Waals surface area contributed by atoms with Crippen molar-refractivity contribution in [2.45, 2.75) is 39.2 Å². The van der Waals surface area contributed by atoms with E-state index in [0.29, 0.717) is 22.9 Å². The smallest absolute Gasteiger partial charge is 0.251 e. The van der Waals surface area contributed by atoms with Crippen molar-refractivity contribution in [2.24, 2.45) is 0 Å². The molecule has 1 saturated heterocycles. The van der Waals surface area contributed by atoms with Crippen LogP contribution in [-0.2, 0) is 6.42 Å². The molecule has 1 fully saturated rings. The Labute approximate surface area is 212 Å². The first-order chi connectivity index (χ1) is 17.4. The number of carbonyl (C=O) groups excluding carboxylic acids is 1. The first-order valence-electron chi connectivity index (χ1n) is 12.4. The molecule has 1 aromatic carbocycles. The van der Waals surface area contributed by atoms with E-state index in [9.17, 15) is 4.79 Å². The molecule has 36 heavy (non-hydrogen) atoms. The van der Waals surface area contributed by atoms with E-state index in [0.717, 1.165) is 60.4 Å². The van der Waals surface area contributed by atoms with Crippen molar-refractivity contribution < 1.29 is 9.53 Å². The Balaban J connectivity index is 1.52. The minimum atomic E-state index is -0.00515. The molecule has 3 N–H and O–H groups in total. The van der Waals surface area contributed by atoms with Crippen LogP contribution in [0.25, 0.3) is 11.3 Å². The van der Waals surface area contributed by atoms with Crippen molar-refractivity contribution in [1.82, 2.24) is 20.2 Å². The van der Waals surface area contributed by atoms with Gasteiger partial charge in [0.05, 0.1) is 23.3 Å². The summed E-state index contributed by atoms with van der Waals surface area (Å²) in [6.45, 7) is 5.78. The van der Waals surface area contributed by atoms with E-state index in [1.54, 1.807) is 32.4 Å². The SMILES string of the molecule is CCc1cc(-c2cc(Oc3cnc(C(C)=N)c(NC)c3)ccn2)ccc1C(=O)NC1CCN(C)CC1. The van der Waals surface area contributed by atoms with Gasteiger partial charge in [-0.1, -0.05) is 13.0 Å². The number of aryl methyl sites for hydroxylation is 1. The Morgan fingerprint density at radius 1 is 1.14 bits per heavy atom. The molecule has 0 unspecified atom stereocenters. The molecule has 0 radical (unpaired) electrons. The van der Waals surface area contributed by atoms with Gasteiger partial charge in [0.25, 0.3) is 5.91 Å². The summed E-state index contributed by atoms with van der Waals surface area (Å²) >= 11 is 0. The number of ether oxygens (including phenoxy) is 1. The zero-order valence-corrected chi connectivity index (χ0v) is 21.4. The third-order valence-corrected chi connectivity index (χ3v) is 6.53. The van der Waals surface area contributed by atoms with Gasteiger partial charge in [-0.05, 0) is 70.1 Å². The maximum Gasteiger partial charge on any atom is 0.251 e. The second-order valence-corrected chi connectivity index (χ2v) is 9.20. The topological polar surface area (TPSA) is 103 Å². The summed E-state index contributed by atoms with van der Waals surface area (Å²) in [4.78, 5) is 24.2. The first-order valence-corrected chi connectivity index (χ1v) is 12.4. The number of benzene rings is 1. The molecule has 1 amide bonds. The molecule has 1 aliphatic rings. The third kappa shape index (κ3) is 5.88. The standard InChI is InChI=1S/C28H34N6O2/c1-5-19-14-20(6-7-24(19)28(35)33-21-9-12-34(4)13-10-21)25-15-22(8-11-31-25)36-23-16-26(30-3)27(18(2)29)32-17-23/h6-8,11,14-17,21,29-30H,5,9-10,12-13H2,1-4H3,(H,33,35). The number of piperidine rings is 1. The molecule has 0 bridgehead atoms. The van der Waals surface area contributed by atoms with E-state index in [1.807, 2.05) is 30.3 Å². The van der Waals surface area contributed by atoms with Gasteiger partial charge in [-0.3, -0.25) is 9.78 Å². The van der Waals surface area contributed by atoms with Gasteiger partial charge in [0.15, 0.2) is 0 Å². The van der Waals surface area contributed by atoms with Gasteiger partial charge in [-0.2, -0.15) is 0 Å². The summed E-state index contributed by atoms with van der Waals surface area (Å²) in [5.74, 6) is 1.19. The highest BCUT2D eigenvalue weighted by Crippen LogP contribution is 2.29. The van der Waals surface area contributed by atoms with Gasteiger partial charge in [0.1, 0.15) is 17.2 Å². The summed E-state index contributed by atoms with van der Waals surface area (Å²) in [7, 11) is 3.91. The maximum atomic E-state index is 13.0. The Morgan fingerprint density at radius 3 is 2.61 bits per heavy atom. The molecular weight excluding hydrogens is 452 g/mol. The summed E-state index contributed by atoms with van der Waals surface area (Å²) in [6, 6.07) is 11.6. The lowest BCUT2D eigenvalue weighted by atomic mass is 9.98. The fourth-order valence-electron chi connectivity index (χ4n) is 4.44. The Bertz CT molecular complexity index is 1250. The molecule has 3 aromatic rings. The van der Waals surface area contributed by atoms with Crippen molar-refractivity contribution in [3.63, 3.8) is 0 Å². The van der Waals surface area contributed by atoms with Crippen LogP contribution in [0.2, 0.25) is 0 Å². The lowest BCUT2D eigenvalue weighted by Crippen LogP contribution is -2.43. The number of aromatic nitrogens is 2. The number of amides is 1. The number of hydrogen-bond acceptors (Lipinski definition) is 7. The van der Waals surface area contributed by atoms with Gasteiger partial charge in [-0.15, -0.1) is 0 Å². The lowest BCUT2D eigenvalue weighted by molar-refractivity contribution is 0.0916. The van der Waals surface area contributed by atoms with Crippen molar-refractivity contribution in [2.75, 3.05) is 32.5 Å². The molecular formula is C28H34N6O2. The van der Waals surface area contributed by atoms with Crippen molar-refractivity contribution in [3.8, 4) is 22.8 Å². The Kier molecular flexibility index (Phi) is 7.95. The molecule has 0 spiro atoms. The van der Waals surface area contributed by atoms with Crippen LogP contribution in [0.4, 0.5) is 5.69 Å². The molecule has 8 nitrogen and oxygen atoms in total. The number of nitrogens with one attached hydrogen (secondary N) is 3. The zero-order valence-electron chi connectivity index (χ0n) is 21.4. The predicted octanol–water partition coefficient (Wildman–Crippen LogP) is 4.75. The van der Waals surface area contributed by atoms with Crippen LogP contribution in [0.5, 0.6) is 11.5 Å². The molecule has 188 valence electrons.